The van der Waals surface area contributed by atoms with Crippen molar-refractivity contribution in [2.24, 2.45) is 0 Å². The lowest BCUT2D eigenvalue weighted by atomic mass is 10.0. The zero-order valence-electron chi connectivity index (χ0n) is 11.1. The van der Waals surface area contributed by atoms with Crippen LogP contribution < -0.4 is 10.5 Å². The second-order valence-electron chi connectivity index (χ2n) is 4.26. The topological polar surface area (TPSA) is 52.3 Å². The van der Waals surface area contributed by atoms with Crippen LogP contribution in [0.1, 0.15) is 22.8 Å². The number of benzene rings is 2. The van der Waals surface area contributed by atoms with Gasteiger partial charge in [-0.25, -0.2) is 4.39 Å². The van der Waals surface area contributed by atoms with E-state index in [0.29, 0.717) is 12.4 Å². The van der Waals surface area contributed by atoms with E-state index in [-0.39, 0.29) is 26.9 Å². The maximum atomic E-state index is 13.0. The van der Waals surface area contributed by atoms with Gasteiger partial charge in [0, 0.05) is 22.9 Å². The quantitative estimate of drug-likeness (QED) is 0.671. The molecule has 2 rings (SSSR count). The van der Waals surface area contributed by atoms with Crippen LogP contribution in [0.4, 0.5) is 10.1 Å². The van der Waals surface area contributed by atoms with Gasteiger partial charge in [-0.15, -0.1) is 0 Å². The predicted molar refractivity (Wildman–Crippen MR) is 81.9 cm³/mol. The average Bonchev–Trinajstić information content (AvgIpc) is 2.42. The van der Waals surface area contributed by atoms with Crippen molar-refractivity contribution < 1.29 is 13.9 Å². The molecule has 0 spiro atoms. The van der Waals surface area contributed by atoms with E-state index < -0.39 is 11.6 Å². The van der Waals surface area contributed by atoms with Gasteiger partial charge in [-0.05, 0) is 31.2 Å². The molecule has 2 aromatic rings. The summed E-state index contributed by atoms with van der Waals surface area (Å²) in [6.07, 6.45) is 0. The summed E-state index contributed by atoms with van der Waals surface area (Å²) >= 11 is 12.1. The number of hydrogen-bond acceptors (Lipinski definition) is 3. The summed E-state index contributed by atoms with van der Waals surface area (Å²) in [7, 11) is 0. The van der Waals surface area contributed by atoms with Crippen molar-refractivity contribution in [3.63, 3.8) is 0 Å². The first kappa shape index (κ1) is 15.6. The fourth-order valence-electron chi connectivity index (χ4n) is 1.85. The normalized spacial score (nSPS) is 10.5. The van der Waals surface area contributed by atoms with E-state index >= 15 is 0 Å². The van der Waals surface area contributed by atoms with Crippen molar-refractivity contribution in [1.29, 1.82) is 0 Å². The van der Waals surface area contributed by atoms with Crippen LogP contribution in [0.15, 0.2) is 30.3 Å². The monoisotopic (exact) mass is 327 g/mol. The maximum absolute atomic E-state index is 13.0. The zero-order valence-corrected chi connectivity index (χ0v) is 12.6. The number of ether oxygens (including phenoxy) is 1. The summed E-state index contributed by atoms with van der Waals surface area (Å²) in [6, 6.07) is 6.44. The summed E-state index contributed by atoms with van der Waals surface area (Å²) in [6.45, 7) is 2.23. The van der Waals surface area contributed by atoms with Crippen LogP contribution in [-0.2, 0) is 0 Å². The Hall–Kier alpha value is -1.78. The Morgan fingerprint density at radius 1 is 1.19 bits per heavy atom. The lowest BCUT2D eigenvalue weighted by Gasteiger charge is -2.10. The molecule has 0 atom stereocenters. The van der Waals surface area contributed by atoms with Gasteiger partial charge in [0.2, 0.25) is 0 Å². The summed E-state index contributed by atoms with van der Waals surface area (Å²) < 4.78 is 18.3. The average molecular weight is 328 g/mol. The number of hydrogen-bond donors (Lipinski definition) is 1. The molecule has 0 amide bonds. The fourth-order valence-corrected chi connectivity index (χ4v) is 2.31. The van der Waals surface area contributed by atoms with E-state index in [2.05, 4.69) is 0 Å². The third-order valence-corrected chi connectivity index (χ3v) is 3.43. The Balaban J connectivity index is 2.46. The van der Waals surface area contributed by atoms with Crippen LogP contribution in [0, 0.1) is 5.82 Å². The Kier molecular flexibility index (Phi) is 4.70. The molecule has 0 aliphatic carbocycles. The van der Waals surface area contributed by atoms with Crippen LogP contribution in [0.25, 0.3) is 0 Å². The molecule has 0 aliphatic heterocycles. The van der Waals surface area contributed by atoms with E-state index in [9.17, 15) is 9.18 Å². The minimum Gasteiger partial charge on any atom is -0.492 e. The molecule has 0 saturated carbocycles. The molecule has 0 bridgehead atoms. The molecular weight excluding hydrogens is 316 g/mol. The Morgan fingerprint density at radius 3 is 2.52 bits per heavy atom. The lowest BCUT2D eigenvalue weighted by Crippen LogP contribution is -2.07. The van der Waals surface area contributed by atoms with Gasteiger partial charge in [-0.2, -0.15) is 0 Å². The zero-order chi connectivity index (χ0) is 15.6. The van der Waals surface area contributed by atoms with Crippen LogP contribution in [0.2, 0.25) is 10.0 Å². The molecule has 0 heterocycles. The molecule has 0 saturated heterocycles. The van der Waals surface area contributed by atoms with Crippen molar-refractivity contribution in [3.05, 3.63) is 57.3 Å². The van der Waals surface area contributed by atoms with Crippen LogP contribution in [0.3, 0.4) is 0 Å². The van der Waals surface area contributed by atoms with E-state index in [1.54, 1.807) is 0 Å². The van der Waals surface area contributed by atoms with Crippen LogP contribution in [0.5, 0.6) is 5.75 Å². The molecule has 0 aromatic heterocycles. The Bertz CT molecular complexity index is 704. The SMILES string of the molecule is CCOc1cc(Cl)c(C(=O)c2ccc(F)cc2N)cc1Cl. The van der Waals surface area contributed by atoms with Crippen molar-refractivity contribution in [3.8, 4) is 5.75 Å². The van der Waals surface area contributed by atoms with Crippen LogP contribution >= 0.6 is 23.2 Å². The largest absolute Gasteiger partial charge is 0.492 e. The van der Waals surface area contributed by atoms with Gasteiger partial charge < -0.3 is 10.5 Å². The first-order valence-corrected chi connectivity index (χ1v) is 6.91. The third kappa shape index (κ3) is 3.28. The van der Waals surface area contributed by atoms with Crippen molar-refractivity contribution in [1.82, 2.24) is 0 Å². The minimum absolute atomic E-state index is 0.0427. The number of carbonyl (C=O) groups is 1. The smallest absolute Gasteiger partial charge is 0.196 e. The summed E-state index contributed by atoms with van der Waals surface area (Å²) in [5.41, 5.74) is 6.06. The van der Waals surface area contributed by atoms with Gasteiger partial charge in [0.25, 0.3) is 0 Å². The Morgan fingerprint density at radius 2 is 1.90 bits per heavy atom. The molecule has 6 heteroatoms. The van der Waals surface area contributed by atoms with Gasteiger partial charge in [-0.3, -0.25) is 4.79 Å². The second kappa shape index (κ2) is 6.33. The van der Waals surface area contributed by atoms with Gasteiger partial charge in [0.15, 0.2) is 5.78 Å². The molecule has 0 unspecified atom stereocenters. The molecule has 3 nitrogen and oxygen atoms in total. The van der Waals surface area contributed by atoms with Crippen molar-refractivity contribution in [2.75, 3.05) is 12.3 Å². The van der Waals surface area contributed by atoms with Crippen LogP contribution in [-0.4, -0.2) is 12.4 Å². The van der Waals surface area contributed by atoms with Gasteiger partial charge in [0.1, 0.15) is 11.6 Å². The number of ketones is 1. The first-order valence-electron chi connectivity index (χ1n) is 6.15. The molecule has 21 heavy (non-hydrogen) atoms. The standard InChI is InChI=1S/C15H12Cl2FNO2/c1-2-21-14-7-11(16)10(6-12(14)17)15(20)9-4-3-8(18)5-13(9)19/h3-7H,2,19H2,1H3. The number of halogens is 3. The summed E-state index contributed by atoms with van der Waals surface area (Å²) in [4.78, 5) is 12.4. The van der Waals surface area contributed by atoms with E-state index in [1.807, 2.05) is 6.92 Å². The van der Waals surface area contributed by atoms with E-state index in [0.717, 1.165) is 12.1 Å². The van der Waals surface area contributed by atoms with Gasteiger partial charge in [0.05, 0.1) is 16.7 Å². The highest BCUT2D eigenvalue weighted by molar-refractivity contribution is 6.37. The van der Waals surface area contributed by atoms with Gasteiger partial charge >= 0.3 is 0 Å². The second-order valence-corrected chi connectivity index (χ2v) is 5.07. The van der Waals surface area contributed by atoms with Crippen molar-refractivity contribution >= 4 is 34.7 Å². The molecule has 110 valence electrons. The fraction of sp³-hybridized carbons (Fsp3) is 0.133. The van der Waals surface area contributed by atoms with E-state index in [1.165, 1.54) is 18.2 Å². The predicted octanol–water partition coefficient (Wildman–Crippen LogP) is 4.34. The molecule has 2 aromatic carbocycles. The highest BCUT2D eigenvalue weighted by atomic mass is 35.5. The van der Waals surface area contributed by atoms with E-state index in [4.69, 9.17) is 33.7 Å². The molecular formula is C15H12Cl2FNO2. The molecule has 2 N–H and O–H groups in total. The maximum Gasteiger partial charge on any atom is 0.196 e. The molecule has 0 fully saturated rings. The number of anilines is 1. The lowest BCUT2D eigenvalue weighted by molar-refractivity contribution is 0.103. The number of nitrogens with two attached hydrogens (primary N) is 1. The number of nitrogen functional groups attached to an aromatic ring is 1. The molecule has 0 radical (unpaired) electrons. The number of rotatable bonds is 4. The summed E-state index contributed by atoms with van der Waals surface area (Å²) in [5, 5.41) is 0.460. The van der Waals surface area contributed by atoms with Gasteiger partial charge in [-0.1, -0.05) is 23.2 Å². The highest BCUT2D eigenvalue weighted by Gasteiger charge is 2.18. The highest BCUT2D eigenvalue weighted by Crippen LogP contribution is 2.33. The molecule has 0 aliphatic rings. The first-order chi connectivity index (χ1) is 9.93. The Labute approximate surface area is 131 Å². The van der Waals surface area contributed by atoms with Crippen molar-refractivity contribution in [2.45, 2.75) is 6.92 Å². The third-order valence-electron chi connectivity index (χ3n) is 2.82. The number of carbonyl (C=O) groups excluding carboxylic acids is 1. The minimum atomic E-state index is -0.514. The summed E-state index contributed by atoms with van der Waals surface area (Å²) in [5.74, 6) is -0.546.